The van der Waals surface area contributed by atoms with E-state index in [9.17, 15) is 14.4 Å². The monoisotopic (exact) mass is 412 g/mol. The highest BCUT2D eigenvalue weighted by atomic mass is 79.9. The van der Waals surface area contributed by atoms with Crippen molar-refractivity contribution in [1.29, 1.82) is 0 Å². The molecular formula is C18H25BrN2O4. The zero-order valence-corrected chi connectivity index (χ0v) is 16.6. The number of rotatable bonds is 8. The van der Waals surface area contributed by atoms with Crippen LogP contribution in [0.15, 0.2) is 28.7 Å². The number of ether oxygens (including phenoxy) is 1. The predicted octanol–water partition coefficient (Wildman–Crippen LogP) is 2.20. The Morgan fingerprint density at radius 1 is 1.12 bits per heavy atom. The van der Waals surface area contributed by atoms with Crippen LogP contribution in [0, 0.1) is 5.92 Å². The molecule has 0 radical (unpaired) electrons. The first kappa shape index (κ1) is 21.2. The molecule has 1 aromatic rings. The molecule has 2 amide bonds. The molecule has 0 saturated heterocycles. The fourth-order valence-corrected chi connectivity index (χ4v) is 2.89. The molecule has 2 atom stereocenters. The Morgan fingerprint density at radius 3 is 2.28 bits per heavy atom. The maximum Gasteiger partial charge on any atom is 0.328 e. The van der Waals surface area contributed by atoms with E-state index >= 15 is 0 Å². The molecule has 25 heavy (non-hydrogen) atoms. The zero-order valence-electron chi connectivity index (χ0n) is 15.0. The molecule has 0 aliphatic rings. The van der Waals surface area contributed by atoms with Crippen LogP contribution in [0.1, 0.15) is 32.8 Å². The smallest absolute Gasteiger partial charge is 0.328 e. The second kappa shape index (κ2) is 10.2. The van der Waals surface area contributed by atoms with Crippen LogP contribution in [0.5, 0.6) is 0 Å². The summed E-state index contributed by atoms with van der Waals surface area (Å²) in [5, 5.41) is 5.34. The number of carbonyl (C=O) groups excluding carboxylic acids is 3. The van der Waals surface area contributed by atoms with Crippen LogP contribution in [-0.2, 0) is 25.5 Å². The summed E-state index contributed by atoms with van der Waals surface area (Å²) in [6.07, 6.45) is 0.767. The van der Waals surface area contributed by atoms with Gasteiger partial charge in [-0.3, -0.25) is 9.59 Å². The fourth-order valence-electron chi connectivity index (χ4n) is 2.44. The van der Waals surface area contributed by atoms with Crippen LogP contribution in [0.2, 0.25) is 0 Å². The molecule has 0 bridgehead atoms. The van der Waals surface area contributed by atoms with E-state index < -0.39 is 24.0 Å². The number of carbonyl (C=O) groups is 3. The van der Waals surface area contributed by atoms with Gasteiger partial charge in [0.05, 0.1) is 7.11 Å². The topological polar surface area (TPSA) is 84.5 Å². The number of methoxy groups -OCH3 is 1. The van der Waals surface area contributed by atoms with Crippen molar-refractivity contribution < 1.29 is 19.1 Å². The van der Waals surface area contributed by atoms with Crippen molar-refractivity contribution in [3.8, 4) is 0 Å². The first-order chi connectivity index (χ1) is 11.7. The van der Waals surface area contributed by atoms with E-state index in [2.05, 4.69) is 26.6 Å². The molecule has 0 aliphatic heterocycles. The third-order valence-corrected chi connectivity index (χ3v) is 4.36. The van der Waals surface area contributed by atoms with E-state index in [-0.39, 0.29) is 18.2 Å². The summed E-state index contributed by atoms with van der Waals surface area (Å²) in [5.74, 6) is -1.01. The molecule has 1 rings (SSSR count). The lowest BCUT2D eigenvalue weighted by Gasteiger charge is -2.23. The van der Waals surface area contributed by atoms with E-state index in [1.807, 2.05) is 38.1 Å². The van der Waals surface area contributed by atoms with E-state index in [1.165, 1.54) is 14.0 Å². The van der Waals surface area contributed by atoms with Crippen LogP contribution in [-0.4, -0.2) is 37.0 Å². The van der Waals surface area contributed by atoms with Crippen molar-refractivity contribution in [2.45, 2.75) is 45.7 Å². The summed E-state index contributed by atoms with van der Waals surface area (Å²) in [7, 11) is 1.28. The van der Waals surface area contributed by atoms with Crippen molar-refractivity contribution in [2.24, 2.45) is 5.92 Å². The van der Waals surface area contributed by atoms with E-state index in [1.54, 1.807) is 0 Å². The van der Waals surface area contributed by atoms with Gasteiger partial charge in [-0.25, -0.2) is 4.79 Å². The number of hydrogen-bond donors (Lipinski definition) is 2. The molecular weight excluding hydrogens is 388 g/mol. The quantitative estimate of drug-likeness (QED) is 0.640. The standard InChI is InChI=1S/C18H25BrN2O4/c1-11(2)9-15(20-12(3)22)17(23)21-16(18(24)25-4)10-13-7-5-6-8-14(13)19/h5-8,11,15-16H,9-10H2,1-4H3,(H,20,22)(H,21,23)/t15-,16-/m0/s1. The van der Waals surface area contributed by atoms with Crippen LogP contribution in [0.4, 0.5) is 0 Å². The number of esters is 1. The molecule has 0 spiro atoms. The van der Waals surface area contributed by atoms with E-state index in [4.69, 9.17) is 4.74 Å². The molecule has 0 unspecified atom stereocenters. The first-order valence-electron chi connectivity index (χ1n) is 8.13. The predicted molar refractivity (Wildman–Crippen MR) is 98.9 cm³/mol. The lowest BCUT2D eigenvalue weighted by Crippen LogP contribution is -2.52. The van der Waals surface area contributed by atoms with Crippen molar-refractivity contribution in [3.63, 3.8) is 0 Å². The van der Waals surface area contributed by atoms with Gasteiger partial charge in [-0.1, -0.05) is 48.0 Å². The average Bonchev–Trinajstić information content (AvgIpc) is 2.53. The fraction of sp³-hybridized carbons (Fsp3) is 0.500. The van der Waals surface area contributed by atoms with E-state index in [0.29, 0.717) is 6.42 Å². The molecule has 0 saturated carbocycles. The molecule has 0 fully saturated rings. The molecule has 1 aromatic carbocycles. The number of nitrogens with one attached hydrogen (secondary N) is 2. The van der Waals surface area contributed by atoms with Gasteiger partial charge in [-0.15, -0.1) is 0 Å². The largest absolute Gasteiger partial charge is 0.467 e. The van der Waals surface area contributed by atoms with Crippen LogP contribution >= 0.6 is 15.9 Å². The second-order valence-electron chi connectivity index (χ2n) is 6.26. The maximum atomic E-state index is 12.6. The third-order valence-electron chi connectivity index (χ3n) is 3.59. The van der Waals surface area contributed by atoms with Crippen molar-refractivity contribution >= 4 is 33.7 Å². The summed E-state index contributed by atoms with van der Waals surface area (Å²) in [6, 6.07) is 5.93. The second-order valence-corrected chi connectivity index (χ2v) is 7.12. The molecule has 7 heteroatoms. The Balaban J connectivity index is 2.92. The Morgan fingerprint density at radius 2 is 1.76 bits per heavy atom. The van der Waals surface area contributed by atoms with Gasteiger partial charge >= 0.3 is 5.97 Å². The van der Waals surface area contributed by atoms with Gasteiger partial charge in [0.25, 0.3) is 0 Å². The van der Waals surface area contributed by atoms with Gasteiger partial charge in [-0.2, -0.15) is 0 Å². The number of hydrogen-bond acceptors (Lipinski definition) is 4. The third kappa shape index (κ3) is 7.25. The zero-order chi connectivity index (χ0) is 19.0. The first-order valence-corrected chi connectivity index (χ1v) is 8.92. The highest BCUT2D eigenvalue weighted by Gasteiger charge is 2.27. The van der Waals surface area contributed by atoms with Gasteiger partial charge < -0.3 is 15.4 Å². The maximum absolute atomic E-state index is 12.6. The van der Waals surface area contributed by atoms with Gasteiger partial charge in [0.15, 0.2) is 0 Å². The van der Waals surface area contributed by atoms with Gasteiger partial charge in [0, 0.05) is 17.8 Å². The minimum Gasteiger partial charge on any atom is -0.467 e. The minimum absolute atomic E-state index is 0.211. The van der Waals surface area contributed by atoms with Crippen molar-refractivity contribution in [1.82, 2.24) is 10.6 Å². The van der Waals surface area contributed by atoms with Crippen LogP contribution in [0.3, 0.4) is 0 Å². The molecule has 138 valence electrons. The summed E-state index contributed by atoms with van der Waals surface area (Å²) >= 11 is 3.43. The Kier molecular flexibility index (Phi) is 8.61. The average molecular weight is 413 g/mol. The SMILES string of the molecule is COC(=O)[C@H](Cc1ccccc1Br)NC(=O)[C@H](CC(C)C)NC(C)=O. The summed E-state index contributed by atoms with van der Waals surface area (Å²) in [6.45, 7) is 5.28. The van der Waals surface area contributed by atoms with Crippen LogP contribution in [0.25, 0.3) is 0 Å². The summed E-state index contributed by atoms with van der Waals surface area (Å²) in [4.78, 5) is 36.0. The van der Waals surface area contributed by atoms with Crippen molar-refractivity contribution in [2.75, 3.05) is 7.11 Å². The Labute approximate surface area is 156 Å². The highest BCUT2D eigenvalue weighted by Crippen LogP contribution is 2.18. The van der Waals surface area contributed by atoms with E-state index in [0.717, 1.165) is 10.0 Å². The Hall–Kier alpha value is -1.89. The summed E-state index contributed by atoms with van der Waals surface area (Å²) < 4.78 is 5.66. The number of amides is 2. The summed E-state index contributed by atoms with van der Waals surface area (Å²) in [5.41, 5.74) is 0.873. The normalized spacial score (nSPS) is 13.0. The molecule has 6 nitrogen and oxygen atoms in total. The molecule has 0 heterocycles. The van der Waals surface area contributed by atoms with Crippen LogP contribution < -0.4 is 10.6 Å². The number of benzene rings is 1. The highest BCUT2D eigenvalue weighted by molar-refractivity contribution is 9.10. The number of halogens is 1. The van der Waals surface area contributed by atoms with Gasteiger partial charge in [0.2, 0.25) is 11.8 Å². The van der Waals surface area contributed by atoms with Crippen molar-refractivity contribution in [3.05, 3.63) is 34.3 Å². The minimum atomic E-state index is -0.834. The molecule has 0 aliphatic carbocycles. The molecule has 0 aromatic heterocycles. The lowest BCUT2D eigenvalue weighted by atomic mass is 10.0. The van der Waals surface area contributed by atoms with Gasteiger partial charge in [0.1, 0.15) is 12.1 Å². The Bertz CT molecular complexity index is 619. The lowest BCUT2D eigenvalue weighted by molar-refractivity contribution is -0.145. The van der Waals surface area contributed by atoms with Gasteiger partial charge in [-0.05, 0) is 24.0 Å². The molecule has 2 N–H and O–H groups in total.